The van der Waals surface area contributed by atoms with Gasteiger partial charge in [0.15, 0.2) is 0 Å². The van der Waals surface area contributed by atoms with Gasteiger partial charge in [-0.25, -0.2) is 0 Å². The molecule has 0 spiro atoms. The number of nitrogens with zero attached hydrogens (tertiary/aromatic N) is 2. The monoisotopic (exact) mass is 494 g/mol. The highest BCUT2D eigenvalue weighted by Crippen LogP contribution is 2.35. The van der Waals surface area contributed by atoms with E-state index in [0.29, 0.717) is 0 Å². The number of hydrogen-bond acceptors (Lipinski definition) is 2. The zero-order valence-electron chi connectivity index (χ0n) is 26.0. The molecule has 3 rings (SSSR count). The second-order valence-corrected chi connectivity index (χ2v) is 11.2. The maximum absolute atomic E-state index is 5.25. The van der Waals surface area contributed by atoms with Crippen LogP contribution in [0.4, 0.5) is 11.4 Å². The quantitative estimate of drug-likeness (QED) is 0.322. The Balaban J connectivity index is 2.25. The molecular formula is C35H46N2. The summed E-state index contributed by atoms with van der Waals surface area (Å²) in [7, 11) is 0. The summed E-state index contributed by atoms with van der Waals surface area (Å²) in [6.45, 7) is 33.1. The summed E-state index contributed by atoms with van der Waals surface area (Å²) in [5, 5.41) is 0. The molecule has 3 aromatic rings. The van der Waals surface area contributed by atoms with Crippen molar-refractivity contribution in [3.63, 3.8) is 0 Å². The molecule has 3 aromatic carbocycles. The fourth-order valence-corrected chi connectivity index (χ4v) is 5.55. The van der Waals surface area contributed by atoms with Gasteiger partial charge in [0.1, 0.15) is 0 Å². The van der Waals surface area contributed by atoms with Crippen LogP contribution in [0.3, 0.4) is 0 Å². The van der Waals surface area contributed by atoms with Gasteiger partial charge in [-0.05, 0) is 193 Å². The van der Waals surface area contributed by atoms with E-state index in [4.69, 9.17) is 9.98 Å². The van der Waals surface area contributed by atoms with Crippen LogP contribution in [-0.2, 0) is 0 Å². The first-order valence-electron chi connectivity index (χ1n) is 13.5. The van der Waals surface area contributed by atoms with Crippen molar-refractivity contribution in [1.29, 1.82) is 0 Å². The second kappa shape index (κ2) is 10.4. The third kappa shape index (κ3) is 4.83. The molecule has 0 saturated carbocycles. The maximum atomic E-state index is 5.25. The lowest BCUT2D eigenvalue weighted by Crippen LogP contribution is -2.09. The normalized spacial score (nSPS) is 12.5. The Morgan fingerprint density at radius 3 is 0.838 bits per heavy atom. The molecule has 2 nitrogen and oxygen atoms in total. The van der Waals surface area contributed by atoms with E-state index in [-0.39, 0.29) is 0 Å². The Morgan fingerprint density at radius 1 is 0.351 bits per heavy atom. The van der Waals surface area contributed by atoms with Crippen molar-refractivity contribution in [2.45, 2.75) is 104 Å². The fraction of sp³-hybridized carbons (Fsp3) is 0.429. The van der Waals surface area contributed by atoms with Gasteiger partial charge in [-0.1, -0.05) is 0 Å². The molecule has 0 aliphatic rings. The summed E-state index contributed by atoms with van der Waals surface area (Å²) in [6.07, 6.45) is 0. The predicted octanol–water partition coefficient (Wildman–Crippen LogP) is 9.98. The van der Waals surface area contributed by atoms with Crippen molar-refractivity contribution in [3.05, 3.63) is 89.5 Å². The standard InChI is InChI=1S/C35H46N2/c1-17-19(3)26(10)34(27(11)20(17)4)36-30(14)32-16-33(25(9)23(7)24(32)8)31(15)37-35-28(12)21(5)18(2)22(6)29(35)13/h16H,1-15H3. The van der Waals surface area contributed by atoms with Crippen molar-refractivity contribution in [2.24, 2.45) is 9.98 Å². The third-order valence-corrected chi connectivity index (χ3v) is 9.48. The molecule has 0 aliphatic heterocycles. The van der Waals surface area contributed by atoms with E-state index in [2.05, 4.69) is 110 Å². The first-order chi connectivity index (χ1) is 17.1. The summed E-state index contributed by atoms with van der Waals surface area (Å²) in [5.41, 5.74) is 23.8. The average Bonchev–Trinajstić information content (AvgIpc) is 2.87. The van der Waals surface area contributed by atoms with Crippen molar-refractivity contribution in [1.82, 2.24) is 0 Å². The number of hydrogen-bond donors (Lipinski definition) is 0. The van der Waals surface area contributed by atoms with Crippen LogP contribution in [0.25, 0.3) is 0 Å². The van der Waals surface area contributed by atoms with E-state index in [1.807, 2.05) is 0 Å². The molecular weight excluding hydrogens is 448 g/mol. The lowest BCUT2D eigenvalue weighted by atomic mass is 9.89. The van der Waals surface area contributed by atoms with Gasteiger partial charge in [-0.2, -0.15) is 0 Å². The maximum Gasteiger partial charge on any atom is 0.0696 e. The van der Waals surface area contributed by atoms with Gasteiger partial charge in [0.05, 0.1) is 11.4 Å². The van der Waals surface area contributed by atoms with Crippen LogP contribution in [0.1, 0.15) is 97.3 Å². The highest BCUT2D eigenvalue weighted by atomic mass is 14.8. The molecule has 0 bridgehead atoms. The molecule has 0 N–H and O–H groups in total. The Hall–Kier alpha value is -3.00. The van der Waals surface area contributed by atoms with E-state index < -0.39 is 0 Å². The SMILES string of the molecule is CC(=Nc1c(C)c(C)c(C)c(C)c1C)c1cc(C(C)=Nc2c(C)c(C)c(C)c(C)c2C)c(C)c(C)c1C. The van der Waals surface area contributed by atoms with Gasteiger partial charge in [-0.15, -0.1) is 0 Å². The van der Waals surface area contributed by atoms with Gasteiger partial charge >= 0.3 is 0 Å². The van der Waals surface area contributed by atoms with Gasteiger partial charge in [0.25, 0.3) is 0 Å². The molecule has 0 heterocycles. The van der Waals surface area contributed by atoms with Crippen LogP contribution in [0.15, 0.2) is 16.1 Å². The number of rotatable bonds is 4. The minimum atomic E-state index is 1.05. The van der Waals surface area contributed by atoms with Crippen molar-refractivity contribution < 1.29 is 0 Å². The minimum Gasteiger partial charge on any atom is -0.253 e. The Labute approximate surface area is 226 Å². The highest BCUT2D eigenvalue weighted by molar-refractivity contribution is 6.07. The minimum absolute atomic E-state index is 1.05. The predicted molar refractivity (Wildman–Crippen MR) is 165 cm³/mol. The summed E-state index contributed by atoms with van der Waals surface area (Å²) in [4.78, 5) is 10.5. The van der Waals surface area contributed by atoms with E-state index >= 15 is 0 Å². The largest absolute Gasteiger partial charge is 0.253 e. The summed E-state index contributed by atoms with van der Waals surface area (Å²) < 4.78 is 0. The highest BCUT2D eigenvalue weighted by Gasteiger charge is 2.17. The van der Waals surface area contributed by atoms with Crippen LogP contribution in [-0.4, -0.2) is 11.4 Å². The molecule has 2 heteroatoms. The van der Waals surface area contributed by atoms with Gasteiger partial charge in [0, 0.05) is 11.4 Å². The van der Waals surface area contributed by atoms with Crippen LogP contribution in [0.2, 0.25) is 0 Å². The molecule has 0 aliphatic carbocycles. The van der Waals surface area contributed by atoms with Crippen molar-refractivity contribution in [2.75, 3.05) is 0 Å². The van der Waals surface area contributed by atoms with Crippen molar-refractivity contribution in [3.8, 4) is 0 Å². The van der Waals surface area contributed by atoms with Crippen LogP contribution in [0, 0.1) is 90.0 Å². The topological polar surface area (TPSA) is 24.7 Å². The lowest BCUT2D eigenvalue weighted by molar-refractivity contribution is 1.16. The Kier molecular flexibility index (Phi) is 8.03. The van der Waals surface area contributed by atoms with Gasteiger partial charge in [-0.3, -0.25) is 9.98 Å². The van der Waals surface area contributed by atoms with E-state index in [0.717, 1.165) is 22.8 Å². The molecule has 196 valence electrons. The third-order valence-electron chi connectivity index (χ3n) is 9.48. The lowest BCUT2D eigenvalue weighted by Gasteiger charge is -2.20. The summed E-state index contributed by atoms with van der Waals surface area (Å²) in [5.74, 6) is 0. The van der Waals surface area contributed by atoms with Crippen LogP contribution in [0.5, 0.6) is 0 Å². The summed E-state index contributed by atoms with van der Waals surface area (Å²) >= 11 is 0. The zero-order valence-corrected chi connectivity index (χ0v) is 26.0. The molecule has 0 radical (unpaired) electrons. The van der Waals surface area contributed by atoms with Gasteiger partial charge in [0.2, 0.25) is 0 Å². The Morgan fingerprint density at radius 2 is 0.568 bits per heavy atom. The smallest absolute Gasteiger partial charge is 0.0696 e. The molecule has 0 fully saturated rings. The number of benzene rings is 3. The Bertz CT molecular complexity index is 1330. The van der Waals surface area contributed by atoms with Crippen LogP contribution < -0.4 is 0 Å². The zero-order chi connectivity index (χ0) is 28.1. The average molecular weight is 495 g/mol. The molecule has 0 aromatic heterocycles. The van der Waals surface area contributed by atoms with E-state index in [1.54, 1.807) is 0 Å². The van der Waals surface area contributed by atoms with Crippen molar-refractivity contribution >= 4 is 22.8 Å². The molecule has 0 saturated heterocycles. The van der Waals surface area contributed by atoms with Gasteiger partial charge < -0.3 is 0 Å². The molecule has 0 atom stereocenters. The first-order valence-corrected chi connectivity index (χ1v) is 13.5. The summed E-state index contributed by atoms with van der Waals surface area (Å²) in [6, 6.07) is 2.31. The number of aliphatic imine (C=N–C) groups is 2. The fourth-order valence-electron chi connectivity index (χ4n) is 5.55. The molecule has 0 unspecified atom stereocenters. The molecule has 0 amide bonds. The first kappa shape index (κ1) is 28.6. The second-order valence-electron chi connectivity index (χ2n) is 11.2. The van der Waals surface area contributed by atoms with Crippen LogP contribution >= 0.6 is 0 Å². The van der Waals surface area contributed by atoms with E-state index in [1.165, 1.54) is 83.5 Å². The molecule has 37 heavy (non-hydrogen) atoms. The van der Waals surface area contributed by atoms with E-state index in [9.17, 15) is 0 Å².